The molecule has 0 saturated carbocycles. The lowest BCUT2D eigenvalue weighted by Crippen LogP contribution is -2.37. The van der Waals surface area contributed by atoms with Gasteiger partial charge in [-0.25, -0.2) is 0 Å². The molecule has 1 rings (SSSR count). The van der Waals surface area contributed by atoms with Gasteiger partial charge in [0.25, 0.3) is 0 Å². The molecule has 0 radical (unpaired) electrons. The number of nitro groups is 1. The first-order valence-corrected chi connectivity index (χ1v) is 7.49. The number of anilines is 1. The van der Waals surface area contributed by atoms with Crippen molar-refractivity contribution in [2.75, 3.05) is 11.4 Å². The maximum absolute atomic E-state index is 11.3. The Hall–Kier alpha value is -1.29. The van der Waals surface area contributed by atoms with Crippen molar-refractivity contribution in [1.29, 1.82) is 0 Å². The summed E-state index contributed by atoms with van der Waals surface area (Å²) < 4.78 is 0. The number of nitrogens with zero attached hydrogens (tertiary/aromatic N) is 2. The predicted octanol–water partition coefficient (Wildman–Crippen LogP) is 4.90. The molecule has 0 aliphatic carbocycles. The van der Waals surface area contributed by atoms with Gasteiger partial charge in [-0.05, 0) is 30.9 Å². The van der Waals surface area contributed by atoms with Crippen LogP contribution >= 0.6 is 11.6 Å². The van der Waals surface area contributed by atoms with Crippen molar-refractivity contribution in [1.82, 2.24) is 0 Å². The van der Waals surface area contributed by atoms with Crippen molar-refractivity contribution in [2.45, 2.75) is 46.6 Å². The molecule has 0 amide bonds. The average Bonchev–Trinajstić information content (AvgIpc) is 2.37. The van der Waals surface area contributed by atoms with Crippen molar-refractivity contribution in [3.8, 4) is 0 Å². The van der Waals surface area contributed by atoms with Crippen LogP contribution in [0.25, 0.3) is 0 Å². The first-order chi connectivity index (χ1) is 9.42. The topological polar surface area (TPSA) is 46.4 Å². The third-order valence-corrected chi connectivity index (χ3v) is 3.71. The van der Waals surface area contributed by atoms with Gasteiger partial charge in [-0.2, -0.15) is 0 Å². The second kappa shape index (κ2) is 7.48. The van der Waals surface area contributed by atoms with E-state index in [9.17, 15) is 10.1 Å². The van der Waals surface area contributed by atoms with Crippen LogP contribution < -0.4 is 4.90 Å². The van der Waals surface area contributed by atoms with Crippen LogP contribution in [0.1, 0.15) is 40.5 Å². The fourth-order valence-electron chi connectivity index (χ4n) is 2.48. The summed E-state index contributed by atoms with van der Waals surface area (Å²) in [6, 6.07) is 5.43. The van der Waals surface area contributed by atoms with Gasteiger partial charge < -0.3 is 4.90 Å². The highest BCUT2D eigenvalue weighted by Crippen LogP contribution is 2.37. The van der Waals surface area contributed by atoms with E-state index in [2.05, 4.69) is 32.6 Å². The van der Waals surface area contributed by atoms with Crippen molar-refractivity contribution in [3.63, 3.8) is 0 Å². The highest BCUT2D eigenvalue weighted by molar-refractivity contribution is 6.33. The van der Waals surface area contributed by atoms with E-state index in [4.69, 9.17) is 11.6 Å². The molecular formula is C15H23ClN2O2. The number of halogens is 1. The van der Waals surface area contributed by atoms with Crippen LogP contribution in [0.2, 0.25) is 5.02 Å². The van der Waals surface area contributed by atoms with E-state index in [1.54, 1.807) is 18.2 Å². The number of hydrogen-bond donors (Lipinski definition) is 0. The molecule has 20 heavy (non-hydrogen) atoms. The summed E-state index contributed by atoms with van der Waals surface area (Å²) in [7, 11) is 0. The SMILES string of the molecule is CCC(CC)N(CC(C)C)c1cccc(Cl)c1[N+](=O)[O-]. The van der Waals surface area contributed by atoms with E-state index < -0.39 is 0 Å². The molecule has 0 aliphatic rings. The van der Waals surface area contributed by atoms with Gasteiger partial charge in [-0.3, -0.25) is 10.1 Å². The molecule has 4 nitrogen and oxygen atoms in total. The third-order valence-electron chi connectivity index (χ3n) is 3.40. The van der Waals surface area contributed by atoms with Crippen LogP contribution in [0, 0.1) is 16.0 Å². The van der Waals surface area contributed by atoms with E-state index in [-0.39, 0.29) is 21.7 Å². The van der Waals surface area contributed by atoms with Crippen LogP contribution in [0.15, 0.2) is 18.2 Å². The Morgan fingerprint density at radius 1 is 1.30 bits per heavy atom. The highest BCUT2D eigenvalue weighted by Gasteiger charge is 2.26. The van der Waals surface area contributed by atoms with Crippen molar-refractivity contribution >= 4 is 23.0 Å². The highest BCUT2D eigenvalue weighted by atomic mass is 35.5. The monoisotopic (exact) mass is 298 g/mol. The molecule has 5 heteroatoms. The fraction of sp³-hybridized carbons (Fsp3) is 0.600. The van der Waals surface area contributed by atoms with Gasteiger partial charge in [0.05, 0.1) is 4.92 Å². The fourth-order valence-corrected chi connectivity index (χ4v) is 2.72. The summed E-state index contributed by atoms with van der Waals surface area (Å²) in [4.78, 5) is 13.1. The van der Waals surface area contributed by atoms with Crippen LogP contribution in [0.3, 0.4) is 0 Å². The Balaban J connectivity index is 3.33. The second-order valence-corrected chi connectivity index (χ2v) is 5.79. The molecule has 0 spiro atoms. The Labute approximate surface area is 125 Å². The molecule has 0 bridgehead atoms. The van der Waals surface area contributed by atoms with Crippen molar-refractivity contribution in [2.24, 2.45) is 5.92 Å². The Kier molecular flexibility index (Phi) is 6.27. The summed E-state index contributed by atoms with van der Waals surface area (Å²) in [5.41, 5.74) is 0.645. The maximum atomic E-state index is 11.3. The second-order valence-electron chi connectivity index (χ2n) is 5.38. The van der Waals surface area contributed by atoms with Crippen molar-refractivity contribution in [3.05, 3.63) is 33.3 Å². The van der Waals surface area contributed by atoms with Gasteiger partial charge in [-0.15, -0.1) is 0 Å². The molecule has 0 N–H and O–H groups in total. The normalized spacial score (nSPS) is 11.2. The zero-order valence-electron chi connectivity index (χ0n) is 12.6. The quantitative estimate of drug-likeness (QED) is 0.531. The number of nitro benzene ring substituents is 1. The van der Waals surface area contributed by atoms with E-state index in [0.717, 1.165) is 19.4 Å². The van der Waals surface area contributed by atoms with Gasteiger partial charge in [0, 0.05) is 12.6 Å². The number of benzene rings is 1. The minimum absolute atomic E-state index is 0.0155. The van der Waals surface area contributed by atoms with E-state index in [0.29, 0.717) is 11.6 Å². The summed E-state index contributed by atoms with van der Waals surface area (Å²) in [6.07, 6.45) is 1.90. The Morgan fingerprint density at radius 2 is 1.90 bits per heavy atom. The molecular weight excluding hydrogens is 276 g/mol. The van der Waals surface area contributed by atoms with Gasteiger partial charge in [0.15, 0.2) is 0 Å². The lowest BCUT2D eigenvalue weighted by molar-refractivity contribution is -0.384. The van der Waals surface area contributed by atoms with Gasteiger partial charge in [0.1, 0.15) is 10.7 Å². The molecule has 0 fully saturated rings. The summed E-state index contributed by atoms with van der Waals surface area (Å²) in [5.74, 6) is 0.425. The largest absolute Gasteiger partial charge is 0.363 e. The standard InChI is InChI=1S/C15H23ClN2O2/c1-5-12(6-2)17(10-11(3)4)14-9-7-8-13(16)15(14)18(19)20/h7-9,11-12H,5-6,10H2,1-4H3. The summed E-state index contributed by atoms with van der Waals surface area (Å²) in [5, 5.41) is 11.5. The predicted molar refractivity (Wildman–Crippen MR) is 84.7 cm³/mol. The Morgan fingerprint density at radius 3 is 2.35 bits per heavy atom. The number of hydrogen-bond acceptors (Lipinski definition) is 3. The van der Waals surface area contributed by atoms with E-state index >= 15 is 0 Å². The van der Waals surface area contributed by atoms with Crippen LogP contribution in [0.4, 0.5) is 11.4 Å². The number of rotatable bonds is 7. The minimum Gasteiger partial charge on any atom is -0.363 e. The van der Waals surface area contributed by atoms with E-state index in [1.165, 1.54) is 0 Å². The van der Waals surface area contributed by atoms with Gasteiger partial charge >= 0.3 is 5.69 Å². The lowest BCUT2D eigenvalue weighted by atomic mass is 10.1. The molecule has 0 heterocycles. The van der Waals surface area contributed by atoms with Gasteiger partial charge in [0.2, 0.25) is 0 Å². The molecule has 0 unspecified atom stereocenters. The lowest BCUT2D eigenvalue weighted by Gasteiger charge is -2.33. The zero-order chi connectivity index (χ0) is 15.3. The number of para-hydroxylation sites is 1. The smallest absolute Gasteiger partial charge is 0.310 e. The Bertz CT molecular complexity index is 459. The minimum atomic E-state index is -0.382. The van der Waals surface area contributed by atoms with Crippen LogP contribution in [-0.2, 0) is 0 Å². The summed E-state index contributed by atoms with van der Waals surface area (Å²) >= 11 is 6.03. The first kappa shape index (κ1) is 16.8. The van der Waals surface area contributed by atoms with E-state index in [1.807, 2.05) is 0 Å². The van der Waals surface area contributed by atoms with Crippen LogP contribution in [0.5, 0.6) is 0 Å². The molecule has 0 atom stereocenters. The molecule has 112 valence electrons. The van der Waals surface area contributed by atoms with Crippen molar-refractivity contribution < 1.29 is 4.92 Å². The van der Waals surface area contributed by atoms with Crippen LogP contribution in [-0.4, -0.2) is 17.5 Å². The zero-order valence-corrected chi connectivity index (χ0v) is 13.4. The third kappa shape index (κ3) is 3.85. The molecule has 0 aliphatic heterocycles. The molecule has 1 aromatic rings. The molecule has 0 aromatic heterocycles. The molecule has 0 saturated heterocycles. The molecule has 1 aromatic carbocycles. The summed E-state index contributed by atoms with van der Waals surface area (Å²) in [6.45, 7) is 9.24. The average molecular weight is 299 g/mol. The van der Waals surface area contributed by atoms with Gasteiger partial charge in [-0.1, -0.05) is 45.4 Å². The maximum Gasteiger partial charge on any atom is 0.310 e. The first-order valence-electron chi connectivity index (χ1n) is 7.11.